The SMILES string of the molecule is COC1=C(OC)C(=O)C(Cc2cccc(/C=C/C(=O)N3CCOCC3)c2)=C(C)C1=O. The molecule has 0 radical (unpaired) electrons. The number of amides is 1. The summed E-state index contributed by atoms with van der Waals surface area (Å²) < 4.78 is 15.5. The van der Waals surface area contributed by atoms with Crippen LogP contribution >= 0.6 is 0 Å². The molecule has 7 nitrogen and oxygen atoms in total. The predicted octanol–water partition coefficient (Wildman–Crippen LogP) is 2.07. The molecule has 1 aromatic rings. The number of methoxy groups -OCH3 is 2. The average Bonchev–Trinajstić information content (AvgIpc) is 2.78. The van der Waals surface area contributed by atoms with Gasteiger partial charge >= 0.3 is 0 Å². The number of hydrogen-bond donors (Lipinski definition) is 0. The second-order valence-corrected chi connectivity index (χ2v) is 7.02. The number of carbonyl (C=O) groups excluding carboxylic acids is 3. The van der Waals surface area contributed by atoms with E-state index in [1.165, 1.54) is 14.2 Å². The number of benzene rings is 1. The average molecular weight is 411 g/mol. The van der Waals surface area contributed by atoms with Crippen molar-refractivity contribution in [3.63, 3.8) is 0 Å². The second-order valence-electron chi connectivity index (χ2n) is 7.02. The molecule has 30 heavy (non-hydrogen) atoms. The third-order valence-corrected chi connectivity index (χ3v) is 5.17. The molecule has 0 N–H and O–H groups in total. The van der Waals surface area contributed by atoms with Gasteiger partial charge in [-0.1, -0.05) is 24.3 Å². The summed E-state index contributed by atoms with van der Waals surface area (Å²) in [5, 5.41) is 0. The molecule has 1 heterocycles. The number of ether oxygens (including phenoxy) is 3. The van der Waals surface area contributed by atoms with Crippen molar-refractivity contribution in [3.05, 3.63) is 64.1 Å². The molecule has 0 saturated carbocycles. The van der Waals surface area contributed by atoms with Crippen LogP contribution in [0.4, 0.5) is 0 Å². The Morgan fingerprint density at radius 2 is 1.77 bits per heavy atom. The van der Waals surface area contributed by atoms with Crippen LogP contribution in [0.25, 0.3) is 6.08 Å². The van der Waals surface area contributed by atoms with Crippen LogP contribution in [0.2, 0.25) is 0 Å². The van der Waals surface area contributed by atoms with Crippen LogP contribution in [0.1, 0.15) is 18.1 Å². The Kier molecular flexibility index (Phi) is 6.84. The number of hydrogen-bond acceptors (Lipinski definition) is 6. The quantitative estimate of drug-likeness (QED) is 0.527. The summed E-state index contributed by atoms with van der Waals surface area (Å²) in [5.41, 5.74) is 2.41. The molecule has 0 unspecified atom stereocenters. The summed E-state index contributed by atoms with van der Waals surface area (Å²) in [5.74, 6) is -0.902. The summed E-state index contributed by atoms with van der Waals surface area (Å²) in [6, 6.07) is 7.50. The highest BCUT2D eigenvalue weighted by atomic mass is 16.5. The lowest BCUT2D eigenvalue weighted by atomic mass is 9.88. The molecule has 7 heteroatoms. The topological polar surface area (TPSA) is 82.1 Å². The second kappa shape index (κ2) is 9.54. The van der Waals surface area contributed by atoms with Gasteiger partial charge < -0.3 is 19.1 Å². The van der Waals surface area contributed by atoms with Crippen molar-refractivity contribution >= 4 is 23.5 Å². The number of allylic oxidation sites excluding steroid dienone is 2. The molecule has 0 aromatic heterocycles. The standard InChI is InChI=1S/C23H25NO6/c1-15-18(21(27)23(29-3)22(28-2)20(15)26)14-17-6-4-5-16(13-17)7-8-19(25)24-9-11-30-12-10-24/h4-8,13H,9-12,14H2,1-3H3/b8-7+. The van der Waals surface area contributed by atoms with E-state index in [0.29, 0.717) is 37.4 Å². The minimum Gasteiger partial charge on any atom is -0.489 e. The van der Waals surface area contributed by atoms with E-state index in [0.717, 1.165) is 11.1 Å². The molecule has 1 aliphatic carbocycles. The van der Waals surface area contributed by atoms with Gasteiger partial charge in [-0.25, -0.2) is 0 Å². The van der Waals surface area contributed by atoms with Crippen LogP contribution < -0.4 is 0 Å². The number of rotatable bonds is 6. The van der Waals surface area contributed by atoms with Crippen molar-refractivity contribution in [1.82, 2.24) is 4.90 Å². The Hall–Kier alpha value is -3.19. The van der Waals surface area contributed by atoms with Gasteiger partial charge in [0.05, 0.1) is 27.4 Å². The minimum atomic E-state index is -0.352. The van der Waals surface area contributed by atoms with Crippen molar-refractivity contribution in [1.29, 1.82) is 0 Å². The van der Waals surface area contributed by atoms with Crippen molar-refractivity contribution < 1.29 is 28.6 Å². The van der Waals surface area contributed by atoms with Crippen LogP contribution in [-0.4, -0.2) is 62.9 Å². The molecule has 1 saturated heterocycles. The van der Waals surface area contributed by atoms with E-state index in [1.54, 1.807) is 24.0 Å². The summed E-state index contributed by atoms with van der Waals surface area (Å²) in [6.07, 6.45) is 3.57. The van der Waals surface area contributed by atoms with E-state index in [4.69, 9.17) is 14.2 Å². The first-order valence-corrected chi connectivity index (χ1v) is 9.71. The van der Waals surface area contributed by atoms with E-state index in [2.05, 4.69) is 0 Å². The molecule has 0 bridgehead atoms. The van der Waals surface area contributed by atoms with Gasteiger partial charge in [0.25, 0.3) is 0 Å². The van der Waals surface area contributed by atoms with Crippen molar-refractivity contribution in [2.75, 3.05) is 40.5 Å². The molecular weight excluding hydrogens is 386 g/mol. The third kappa shape index (κ3) is 4.52. The number of morpholine rings is 1. The molecule has 1 fully saturated rings. The lowest BCUT2D eigenvalue weighted by Gasteiger charge is -2.25. The zero-order valence-electron chi connectivity index (χ0n) is 17.4. The van der Waals surface area contributed by atoms with Crippen LogP contribution in [0, 0.1) is 0 Å². The number of Topliss-reactive ketones (excluding diaryl/α,β-unsaturated/α-hetero) is 2. The van der Waals surface area contributed by atoms with E-state index in [1.807, 2.05) is 24.3 Å². The monoisotopic (exact) mass is 411 g/mol. The molecule has 1 aromatic carbocycles. The van der Waals surface area contributed by atoms with Gasteiger partial charge in [-0.2, -0.15) is 0 Å². The summed E-state index contributed by atoms with van der Waals surface area (Å²) in [4.78, 5) is 39.4. The van der Waals surface area contributed by atoms with Gasteiger partial charge in [0.1, 0.15) is 0 Å². The summed E-state index contributed by atoms with van der Waals surface area (Å²) in [6.45, 7) is 3.90. The molecule has 0 atom stereocenters. The van der Waals surface area contributed by atoms with Gasteiger partial charge in [-0.15, -0.1) is 0 Å². The van der Waals surface area contributed by atoms with Crippen LogP contribution in [-0.2, 0) is 35.0 Å². The number of ketones is 2. The molecule has 1 aliphatic heterocycles. The van der Waals surface area contributed by atoms with Crippen LogP contribution in [0.3, 0.4) is 0 Å². The number of nitrogens with zero attached hydrogens (tertiary/aromatic N) is 1. The van der Waals surface area contributed by atoms with Crippen molar-refractivity contribution in [2.45, 2.75) is 13.3 Å². The maximum atomic E-state index is 12.8. The molecule has 0 spiro atoms. The first-order chi connectivity index (χ1) is 14.5. The van der Waals surface area contributed by atoms with Gasteiger partial charge in [0.2, 0.25) is 29.0 Å². The van der Waals surface area contributed by atoms with Gasteiger partial charge in [0.15, 0.2) is 0 Å². The van der Waals surface area contributed by atoms with Gasteiger partial charge in [-0.3, -0.25) is 14.4 Å². The van der Waals surface area contributed by atoms with E-state index in [9.17, 15) is 14.4 Å². The van der Waals surface area contributed by atoms with E-state index < -0.39 is 0 Å². The largest absolute Gasteiger partial charge is 0.489 e. The minimum absolute atomic E-state index is 0.0581. The zero-order chi connectivity index (χ0) is 21.7. The van der Waals surface area contributed by atoms with Crippen LogP contribution in [0.5, 0.6) is 0 Å². The lowest BCUT2D eigenvalue weighted by molar-refractivity contribution is -0.129. The van der Waals surface area contributed by atoms with Crippen LogP contribution in [0.15, 0.2) is 53.0 Å². The Morgan fingerprint density at radius 1 is 1.10 bits per heavy atom. The normalized spacial score (nSPS) is 17.8. The first-order valence-electron chi connectivity index (χ1n) is 9.71. The maximum absolute atomic E-state index is 12.8. The highest BCUT2D eigenvalue weighted by molar-refractivity contribution is 6.23. The van der Waals surface area contributed by atoms with Gasteiger partial charge in [-0.05, 0) is 24.1 Å². The molecule has 158 valence electrons. The lowest BCUT2D eigenvalue weighted by Crippen LogP contribution is -2.39. The molecule has 1 amide bonds. The van der Waals surface area contributed by atoms with E-state index >= 15 is 0 Å². The highest BCUT2D eigenvalue weighted by Gasteiger charge is 2.34. The third-order valence-electron chi connectivity index (χ3n) is 5.17. The zero-order valence-corrected chi connectivity index (χ0v) is 17.4. The molecular formula is C23H25NO6. The fourth-order valence-electron chi connectivity index (χ4n) is 3.47. The van der Waals surface area contributed by atoms with Crippen molar-refractivity contribution in [3.8, 4) is 0 Å². The molecule has 2 aliphatic rings. The Bertz CT molecular complexity index is 950. The van der Waals surface area contributed by atoms with E-state index in [-0.39, 0.29) is 35.4 Å². The first kappa shape index (κ1) is 21.5. The fraction of sp³-hybridized carbons (Fsp3) is 0.348. The predicted molar refractivity (Wildman–Crippen MR) is 110 cm³/mol. The smallest absolute Gasteiger partial charge is 0.246 e. The number of carbonyl (C=O) groups is 3. The summed E-state index contributed by atoms with van der Waals surface area (Å²) in [7, 11) is 2.68. The van der Waals surface area contributed by atoms with Crippen molar-refractivity contribution in [2.24, 2.45) is 0 Å². The highest BCUT2D eigenvalue weighted by Crippen LogP contribution is 2.28. The maximum Gasteiger partial charge on any atom is 0.246 e. The Labute approximate surface area is 175 Å². The fourth-order valence-corrected chi connectivity index (χ4v) is 3.47. The molecule has 3 rings (SSSR count). The summed E-state index contributed by atoms with van der Waals surface area (Å²) >= 11 is 0. The Balaban J connectivity index is 1.77. The van der Waals surface area contributed by atoms with Gasteiger partial charge in [0, 0.05) is 36.7 Å². The Morgan fingerprint density at radius 3 is 2.43 bits per heavy atom.